The lowest BCUT2D eigenvalue weighted by molar-refractivity contribution is -0.384. The van der Waals surface area contributed by atoms with Crippen LogP contribution in [0.15, 0.2) is 88.1 Å². The number of para-hydroxylation sites is 1. The molecule has 0 radical (unpaired) electrons. The van der Waals surface area contributed by atoms with Gasteiger partial charge in [-0.2, -0.15) is 0 Å². The second-order valence-corrected chi connectivity index (χ2v) is 6.13. The standard InChI is InChI=1S/C22H13NO5/c24-20(14-10-12-16(13-11-14)23(26)27)19-21(25)17-8-4-5-9-18(17)28-22(19)15-6-2-1-3-7-15/h1-13H. The van der Waals surface area contributed by atoms with Crippen molar-refractivity contribution < 1.29 is 14.1 Å². The van der Waals surface area contributed by atoms with Crippen LogP contribution >= 0.6 is 0 Å². The van der Waals surface area contributed by atoms with Crippen molar-refractivity contribution in [3.63, 3.8) is 0 Å². The molecule has 0 amide bonds. The maximum Gasteiger partial charge on any atom is 0.269 e. The van der Waals surface area contributed by atoms with Gasteiger partial charge in [-0.05, 0) is 24.3 Å². The van der Waals surface area contributed by atoms with Gasteiger partial charge in [0.05, 0.1) is 10.3 Å². The van der Waals surface area contributed by atoms with Gasteiger partial charge in [-0.25, -0.2) is 0 Å². The Kier molecular flexibility index (Phi) is 4.29. The van der Waals surface area contributed by atoms with Crippen LogP contribution in [0.3, 0.4) is 0 Å². The van der Waals surface area contributed by atoms with E-state index in [9.17, 15) is 19.7 Å². The van der Waals surface area contributed by atoms with E-state index in [-0.39, 0.29) is 22.6 Å². The number of non-ortho nitro benzene ring substituents is 1. The smallest absolute Gasteiger partial charge is 0.269 e. The maximum absolute atomic E-state index is 13.2. The number of fused-ring (bicyclic) bond motifs is 1. The molecule has 0 N–H and O–H groups in total. The van der Waals surface area contributed by atoms with Gasteiger partial charge >= 0.3 is 0 Å². The van der Waals surface area contributed by atoms with Gasteiger partial charge in [-0.15, -0.1) is 0 Å². The zero-order valence-electron chi connectivity index (χ0n) is 14.5. The number of nitro groups is 1. The molecule has 1 aromatic heterocycles. The van der Waals surface area contributed by atoms with E-state index in [1.54, 1.807) is 48.5 Å². The van der Waals surface area contributed by atoms with Gasteiger partial charge in [0.1, 0.15) is 16.9 Å². The number of hydrogen-bond donors (Lipinski definition) is 0. The Labute approximate surface area is 158 Å². The molecule has 0 aliphatic carbocycles. The molecular formula is C22H13NO5. The Morgan fingerprint density at radius 3 is 2.18 bits per heavy atom. The quantitative estimate of drug-likeness (QED) is 0.297. The number of benzene rings is 3. The first kappa shape index (κ1) is 17.4. The molecule has 0 saturated heterocycles. The van der Waals surface area contributed by atoms with Gasteiger partial charge in [0.25, 0.3) is 5.69 Å². The molecule has 0 unspecified atom stereocenters. The van der Waals surface area contributed by atoms with Crippen molar-refractivity contribution in [3.05, 3.63) is 110 Å². The highest BCUT2D eigenvalue weighted by molar-refractivity contribution is 6.13. The summed E-state index contributed by atoms with van der Waals surface area (Å²) in [5, 5.41) is 11.1. The normalized spacial score (nSPS) is 10.7. The van der Waals surface area contributed by atoms with Crippen LogP contribution in [0.25, 0.3) is 22.3 Å². The summed E-state index contributed by atoms with van der Waals surface area (Å²) in [5.74, 6) is -0.374. The van der Waals surface area contributed by atoms with Crippen molar-refractivity contribution in [3.8, 4) is 11.3 Å². The molecule has 28 heavy (non-hydrogen) atoms. The first-order valence-electron chi connectivity index (χ1n) is 8.46. The summed E-state index contributed by atoms with van der Waals surface area (Å²) in [5.41, 5.74) is 0.473. The van der Waals surface area contributed by atoms with Crippen LogP contribution in [0.1, 0.15) is 15.9 Å². The molecular weight excluding hydrogens is 358 g/mol. The minimum absolute atomic E-state index is 0.0984. The lowest BCUT2D eigenvalue weighted by Crippen LogP contribution is -2.18. The number of nitrogens with zero attached hydrogens (tertiary/aromatic N) is 1. The molecule has 1 heterocycles. The Hall–Kier alpha value is -4.06. The predicted octanol–water partition coefficient (Wildman–Crippen LogP) is 4.60. The highest BCUT2D eigenvalue weighted by atomic mass is 16.6. The fourth-order valence-corrected chi connectivity index (χ4v) is 3.02. The van der Waals surface area contributed by atoms with Gasteiger partial charge in [0.2, 0.25) is 11.2 Å². The number of nitro benzene ring substituents is 1. The van der Waals surface area contributed by atoms with Crippen molar-refractivity contribution in [1.29, 1.82) is 0 Å². The SMILES string of the molecule is O=C(c1ccc([N+](=O)[O-])cc1)c1c(-c2ccccc2)oc2ccccc2c1=O. The second-order valence-electron chi connectivity index (χ2n) is 6.13. The molecule has 0 bridgehead atoms. The van der Waals surface area contributed by atoms with E-state index in [1.807, 2.05) is 6.07 Å². The molecule has 6 nitrogen and oxygen atoms in total. The van der Waals surface area contributed by atoms with E-state index >= 15 is 0 Å². The van der Waals surface area contributed by atoms with Crippen LogP contribution in [0.5, 0.6) is 0 Å². The third kappa shape index (κ3) is 2.97. The first-order chi connectivity index (χ1) is 13.6. The van der Waals surface area contributed by atoms with Crippen LogP contribution in [0, 0.1) is 10.1 Å². The lowest BCUT2D eigenvalue weighted by atomic mass is 9.97. The molecule has 4 rings (SSSR count). The lowest BCUT2D eigenvalue weighted by Gasteiger charge is -2.09. The van der Waals surface area contributed by atoms with Gasteiger partial charge in [0.15, 0.2) is 0 Å². The average Bonchev–Trinajstić information content (AvgIpc) is 2.74. The van der Waals surface area contributed by atoms with E-state index in [2.05, 4.69) is 0 Å². The van der Waals surface area contributed by atoms with Gasteiger partial charge in [-0.1, -0.05) is 42.5 Å². The summed E-state index contributed by atoms with van der Waals surface area (Å²) < 4.78 is 5.94. The summed E-state index contributed by atoms with van der Waals surface area (Å²) in [7, 11) is 0. The van der Waals surface area contributed by atoms with Crippen molar-refractivity contribution in [2.24, 2.45) is 0 Å². The van der Waals surface area contributed by atoms with Crippen molar-refractivity contribution >= 4 is 22.4 Å². The van der Waals surface area contributed by atoms with E-state index in [0.29, 0.717) is 16.5 Å². The second kappa shape index (κ2) is 6.92. The van der Waals surface area contributed by atoms with Crippen molar-refractivity contribution in [1.82, 2.24) is 0 Å². The van der Waals surface area contributed by atoms with Crippen molar-refractivity contribution in [2.75, 3.05) is 0 Å². The predicted molar refractivity (Wildman–Crippen MR) is 104 cm³/mol. The largest absolute Gasteiger partial charge is 0.455 e. The molecule has 0 fully saturated rings. The Bertz CT molecular complexity index is 1260. The number of rotatable bonds is 4. The number of carbonyl (C=O) groups excluding carboxylic acids is 1. The van der Waals surface area contributed by atoms with Gasteiger partial charge < -0.3 is 4.42 Å². The van der Waals surface area contributed by atoms with E-state index < -0.39 is 16.1 Å². The van der Waals surface area contributed by atoms with Crippen LogP contribution < -0.4 is 5.43 Å². The van der Waals surface area contributed by atoms with E-state index in [0.717, 1.165) is 0 Å². The van der Waals surface area contributed by atoms with Crippen molar-refractivity contribution in [2.45, 2.75) is 0 Å². The zero-order chi connectivity index (χ0) is 19.7. The zero-order valence-corrected chi connectivity index (χ0v) is 14.5. The Morgan fingerprint density at radius 1 is 0.857 bits per heavy atom. The Balaban J connectivity index is 1.96. The summed E-state index contributed by atoms with van der Waals surface area (Å²) in [4.78, 5) is 36.6. The Morgan fingerprint density at radius 2 is 1.50 bits per heavy atom. The fraction of sp³-hybridized carbons (Fsp3) is 0. The van der Waals surface area contributed by atoms with Crippen LogP contribution in [0.4, 0.5) is 5.69 Å². The molecule has 0 atom stereocenters. The number of hydrogen-bond acceptors (Lipinski definition) is 5. The summed E-state index contributed by atoms with van der Waals surface area (Å²) in [6, 6.07) is 20.7. The van der Waals surface area contributed by atoms with Gasteiger partial charge in [0, 0.05) is 23.3 Å². The van der Waals surface area contributed by atoms with Gasteiger partial charge in [-0.3, -0.25) is 19.7 Å². The molecule has 4 aromatic rings. The van der Waals surface area contributed by atoms with Crippen LogP contribution in [-0.4, -0.2) is 10.7 Å². The third-order valence-electron chi connectivity index (χ3n) is 4.40. The molecule has 0 saturated carbocycles. The molecule has 136 valence electrons. The van der Waals surface area contributed by atoms with Crippen LogP contribution in [0.2, 0.25) is 0 Å². The van der Waals surface area contributed by atoms with Crippen LogP contribution in [-0.2, 0) is 0 Å². The highest BCUT2D eigenvalue weighted by Gasteiger charge is 2.23. The summed E-state index contributed by atoms with van der Waals surface area (Å²) in [6.07, 6.45) is 0. The first-order valence-corrected chi connectivity index (χ1v) is 8.46. The number of carbonyl (C=O) groups is 1. The van der Waals surface area contributed by atoms with E-state index in [4.69, 9.17) is 4.42 Å². The summed E-state index contributed by atoms with van der Waals surface area (Å²) >= 11 is 0. The monoisotopic (exact) mass is 371 g/mol. The molecule has 0 aliphatic heterocycles. The molecule has 0 spiro atoms. The maximum atomic E-state index is 13.2. The summed E-state index contributed by atoms with van der Waals surface area (Å²) in [6.45, 7) is 0. The minimum Gasteiger partial charge on any atom is -0.455 e. The third-order valence-corrected chi connectivity index (χ3v) is 4.40. The topological polar surface area (TPSA) is 90.4 Å². The molecule has 6 heteroatoms. The molecule has 0 aliphatic rings. The number of ketones is 1. The highest BCUT2D eigenvalue weighted by Crippen LogP contribution is 2.27. The minimum atomic E-state index is -0.548. The molecule has 3 aromatic carbocycles. The fourth-order valence-electron chi connectivity index (χ4n) is 3.02. The van der Waals surface area contributed by atoms with E-state index in [1.165, 1.54) is 24.3 Å². The average molecular weight is 371 g/mol.